The highest BCUT2D eigenvalue weighted by atomic mass is 14.5. The molecule has 0 amide bonds. The van der Waals surface area contributed by atoms with Gasteiger partial charge >= 0.3 is 0 Å². The standard InChI is InChI=1S/C18H32/c1-13-9-11-15(12-10-13)14(2)17-7-3-5-16-6-4-8-18(16)17/h13-18H,3-12H2,1-2H3. The molecule has 0 nitrogen and oxygen atoms in total. The van der Waals surface area contributed by atoms with Crippen LogP contribution in [-0.4, -0.2) is 0 Å². The minimum Gasteiger partial charge on any atom is -0.0625 e. The van der Waals surface area contributed by atoms with Crippen molar-refractivity contribution in [3.63, 3.8) is 0 Å². The van der Waals surface area contributed by atoms with Gasteiger partial charge in [-0.3, -0.25) is 0 Å². The first-order valence-corrected chi connectivity index (χ1v) is 8.75. The first-order chi connectivity index (χ1) is 8.75. The van der Waals surface area contributed by atoms with Gasteiger partial charge in [0.2, 0.25) is 0 Å². The molecule has 0 aliphatic heterocycles. The zero-order chi connectivity index (χ0) is 12.5. The average Bonchev–Trinajstić information content (AvgIpc) is 2.87. The fourth-order valence-electron chi connectivity index (χ4n) is 5.63. The van der Waals surface area contributed by atoms with Crippen molar-refractivity contribution in [2.45, 2.75) is 78.1 Å². The van der Waals surface area contributed by atoms with Crippen LogP contribution in [0.3, 0.4) is 0 Å². The highest BCUT2D eigenvalue weighted by Gasteiger charge is 2.40. The van der Waals surface area contributed by atoms with E-state index in [2.05, 4.69) is 13.8 Å². The van der Waals surface area contributed by atoms with E-state index in [0.717, 1.165) is 35.5 Å². The van der Waals surface area contributed by atoms with Crippen molar-refractivity contribution < 1.29 is 0 Å². The van der Waals surface area contributed by atoms with Gasteiger partial charge in [-0.05, 0) is 61.2 Å². The van der Waals surface area contributed by atoms with E-state index in [1.165, 1.54) is 25.7 Å². The van der Waals surface area contributed by atoms with E-state index < -0.39 is 0 Å². The van der Waals surface area contributed by atoms with Crippen LogP contribution in [-0.2, 0) is 0 Å². The van der Waals surface area contributed by atoms with Crippen LogP contribution in [0.1, 0.15) is 78.1 Å². The molecule has 3 fully saturated rings. The van der Waals surface area contributed by atoms with Crippen LogP contribution < -0.4 is 0 Å². The Hall–Kier alpha value is 0. The molecule has 0 aromatic heterocycles. The highest BCUT2D eigenvalue weighted by Crippen LogP contribution is 2.50. The molecule has 3 aliphatic carbocycles. The zero-order valence-electron chi connectivity index (χ0n) is 12.5. The van der Waals surface area contributed by atoms with Crippen LogP contribution in [0.5, 0.6) is 0 Å². The summed E-state index contributed by atoms with van der Waals surface area (Å²) in [6.45, 7) is 5.07. The van der Waals surface area contributed by atoms with Gasteiger partial charge in [-0.2, -0.15) is 0 Å². The molecular weight excluding hydrogens is 216 g/mol. The summed E-state index contributed by atoms with van der Waals surface area (Å²) in [6, 6.07) is 0. The molecule has 0 heterocycles. The molecule has 4 unspecified atom stereocenters. The van der Waals surface area contributed by atoms with Crippen molar-refractivity contribution in [2.75, 3.05) is 0 Å². The Morgan fingerprint density at radius 3 is 2.17 bits per heavy atom. The Bertz CT molecular complexity index is 261. The molecule has 104 valence electrons. The maximum atomic E-state index is 2.62. The Morgan fingerprint density at radius 1 is 0.778 bits per heavy atom. The molecule has 3 aliphatic rings. The lowest BCUT2D eigenvalue weighted by Crippen LogP contribution is -2.33. The molecule has 3 saturated carbocycles. The predicted octanol–water partition coefficient (Wildman–Crippen LogP) is 5.67. The molecule has 4 atom stereocenters. The Balaban J connectivity index is 1.62. The van der Waals surface area contributed by atoms with Gasteiger partial charge in [0, 0.05) is 0 Å². The lowest BCUT2D eigenvalue weighted by Gasteiger charge is -2.42. The van der Waals surface area contributed by atoms with Crippen molar-refractivity contribution in [2.24, 2.45) is 35.5 Å². The summed E-state index contributed by atoms with van der Waals surface area (Å²) in [6.07, 6.45) is 15.4. The second-order valence-electron chi connectivity index (χ2n) is 7.83. The molecule has 0 aromatic rings. The maximum Gasteiger partial charge on any atom is -0.0355 e. The van der Waals surface area contributed by atoms with E-state index in [9.17, 15) is 0 Å². The van der Waals surface area contributed by atoms with E-state index in [1.54, 1.807) is 38.5 Å². The minimum atomic E-state index is 1.01. The summed E-state index contributed by atoms with van der Waals surface area (Å²) in [4.78, 5) is 0. The van der Waals surface area contributed by atoms with Gasteiger partial charge in [-0.1, -0.05) is 52.4 Å². The second-order valence-corrected chi connectivity index (χ2v) is 7.83. The monoisotopic (exact) mass is 248 g/mol. The van der Waals surface area contributed by atoms with E-state index in [0.29, 0.717) is 0 Å². The van der Waals surface area contributed by atoms with Gasteiger partial charge in [0.15, 0.2) is 0 Å². The van der Waals surface area contributed by atoms with Gasteiger partial charge in [0.25, 0.3) is 0 Å². The van der Waals surface area contributed by atoms with Gasteiger partial charge < -0.3 is 0 Å². The quantitative estimate of drug-likeness (QED) is 0.591. The van der Waals surface area contributed by atoms with Crippen molar-refractivity contribution in [1.82, 2.24) is 0 Å². The smallest absolute Gasteiger partial charge is 0.0355 e. The summed E-state index contributed by atoms with van der Waals surface area (Å²) in [5, 5.41) is 0. The molecule has 0 spiro atoms. The molecule has 0 heteroatoms. The number of rotatable bonds is 2. The zero-order valence-corrected chi connectivity index (χ0v) is 12.5. The highest BCUT2D eigenvalue weighted by molar-refractivity contribution is 4.91. The summed E-state index contributed by atoms with van der Waals surface area (Å²) >= 11 is 0. The molecule has 0 N–H and O–H groups in total. The Labute approximate surface area is 114 Å². The van der Waals surface area contributed by atoms with E-state index in [-0.39, 0.29) is 0 Å². The van der Waals surface area contributed by atoms with E-state index in [4.69, 9.17) is 0 Å². The Morgan fingerprint density at radius 2 is 1.44 bits per heavy atom. The predicted molar refractivity (Wildman–Crippen MR) is 78.5 cm³/mol. The van der Waals surface area contributed by atoms with Crippen LogP contribution in [0.25, 0.3) is 0 Å². The van der Waals surface area contributed by atoms with Crippen molar-refractivity contribution in [1.29, 1.82) is 0 Å². The van der Waals surface area contributed by atoms with Gasteiger partial charge in [-0.15, -0.1) is 0 Å². The first-order valence-electron chi connectivity index (χ1n) is 8.75. The molecule has 0 saturated heterocycles. The largest absolute Gasteiger partial charge is 0.0625 e. The molecule has 0 radical (unpaired) electrons. The molecular formula is C18H32. The third kappa shape index (κ3) is 2.49. The van der Waals surface area contributed by atoms with Gasteiger partial charge in [0.1, 0.15) is 0 Å². The molecule has 18 heavy (non-hydrogen) atoms. The second kappa shape index (κ2) is 5.55. The third-order valence-electron chi connectivity index (χ3n) is 6.86. The molecule has 3 rings (SSSR count). The van der Waals surface area contributed by atoms with Crippen LogP contribution in [0, 0.1) is 35.5 Å². The fraction of sp³-hybridized carbons (Fsp3) is 1.00. The number of fused-ring (bicyclic) bond motifs is 1. The van der Waals surface area contributed by atoms with E-state index in [1.807, 2.05) is 0 Å². The van der Waals surface area contributed by atoms with Crippen molar-refractivity contribution in [3.05, 3.63) is 0 Å². The lowest BCUT2D eigenvalue weighted by molar-refractivity contribution is 0.0762. The maximum absolute atomic E-state index is 2.62. The van der Waals surface area contributed by atoms with Crippen molar-refractivity contribution in [3.8, 4) is 0 Å². The lowest BCUT2D eigenvalue weighted by atomic mass is 9.63. The van der Waals surface area contributed by atoms with Gasteiger partial charge in [0.05, 0.1) is 0 Å². The summed E-state index contributed by atoms with van der Waals surface area (Å²) in [7, 11) is 0. The van der Waals surface area contributed by atoms with Crippen molar-refractivity contribution >= 4 is 0 Å². The topological polar surface area (TPSA) is 0 Å². The first kappa shape index (κ1) is 13.0. The normalized spacial score (nSPS) is 46.7. The fourth-order valence-corrected chi connectivity index (χ4v) is 5.63. The summed E-state index contributed by atoms with van der Waals surface area (Å²) in [5.41, 5.74) is 0. The van der Waals surface area contributed by atoms with Crippen LogP contribution >= 0.6 is 0 Å². The summed E-state index contributed by atoms with van der Waals surface area (Å²) in [5.74, 6) is 6.49. The van der Waals surface area contributed by atoms with Crippen LogP contribution in [0.2, 0.25) is 0 Å². The SMILES string of the molecule is CC1CCC(C(C)C2CCCC3CCCC32)CC1. The van der Waals surface area contributed by atoms with Crippen LogP contribution in [0.15, 0.2) is 0 Å². The molecule has 0 bridgehead atoms. The minimum absolute atomic E-state index is 1.01. The van der Waals surface area contributed by atoms with Gasteiger partial charge in [-0.25, -0.2) is 0 Å². The summed E-state index contributed by atoms with van der Waals surface area (Å²) < 4.78 is 0. The number of hydrogen-bond acceptors (Lipinski definition) is 0. The van der Waals surface area contributed by atoms with Crippen LogP contribution in [0.4, 0.5) is 0 Å². The average molecular weight is 248 g/mol. The van der Waals surface area contributed by atoms with E-state index >= 15 is 0 Å². The Kier molecular flexibility index (Phi) is 4.01. The number of hydrogen-bond donors (Lipinski definition) is 0. The molecule has 0 aromatic carbocycles. The third-order valence-corrected chi connectivity index (χ3v) is 6.86.